The zero-order valence-corrected chi connectivity index (χ0v) is 12.3. The van der Waals surface area contributed by atoms with E-state index in [1.54, 1.807) is 0 Å². The van der Waals surface area contributed by atoms with Crippen LogP contribution in [0.1, 0.15) is 31.9 Å². The Morgan fingerprint density at radius 3 is 2.32 bits per heavy atom. The third-order valence-electron chi connectivity index (χ3n) is 4.30. The van der Waals surface area contributed by atoms with Crippen LogP contribution in [0.5, 0.6) is 0 Å². The van der Waals surface area contributed by atoms with Crippen LogP contribution in [0.2, 0.25) is 0 Å². The van der Waals surface area contributed by atoms with Crippen molar-refractivity contribution < 1.29 is 0 Å². The van der Waals surface area contributed by atoms with Crippen LogP contribution < -0.4 is 5.73 Å². The van der Waals surface area contributed by atoms with Gasteiger partial charge in [0.05, 0.1) is 0 Å². The van der Waals surface area contributed by atoms with E-state index < -0.39 is 0 Å². The number of nitrogens with two attached hydrogens (primary N) is 1. The van der Waals surface area contributed by atoms with Gasteiger partial charge in [-0.1, -0.05) is 37.3 Å². The Balaban J connectivity index is 1.79. The predicted octanol–water partition coefficient (Wildman–Crippen LogP) is 2.10. The summed E-state index contributed by atoms with van der Waals surface area (Å²) in [7, 11) is 0. The van der Waals surface area contributed by atoms with Crippen molar-refractivity contribution in [3.05, 3.63) is 35.9 Å². The van der Waals surface area contributed by atoms with Crippen LogP contribution in [0.15, 0.2) is 30.3 Å². The zero-order valence-electron chi connectivity index (χ0n) is 12.3. The topological polar surface area (TPSA) is 32.5 Å². The second kappa shape index (κ2) is 7.04. The Labute approximate surface area is 117 Å². The first-order valence-corrected chi connectivity index (χ1v) is 7.47. The first kappa shape index (κ1) is 14.5. The summed E-state index contributed by atoms with van der Waals surface area (Å²) in [5.41, 5.74) is 7.53. The number of hydrogen-bond acceptors (Lipinski definition) is 3. The molecule has 19 heavy (non-hydrogen) atoms. The second-order valence-corrected chi connectivity index (χ2v) is 5.61. The number of piperazine rings is 1. The normalized spacial score (nSPS) is 21.2. The molecule has 2 N–H and O–H groups in total. The van der Waals surface area contributed by atoms with Crippen molar-refractivity contribution >= 4 is 0 Å². The molecule has 2 unspecified atom stereocenters. The largest absolute Gasteiger partial charge is 0.323 e. The van der Waals surface area contributed by atoms with Crippen molar-refractivity contribution in [3.8, 4) is 0 Å². The van der Waals surface area contributed by atoms with E-state index in [0.717, 1.165) is 19.6 Å². The van der Waals surface area contributed by atoms with Crippen molar-refractivity contribution in [1.29, 1.82) is 0 Å². The molecule has 1 saturated heterocycles. The third-order valence-corrected chi connectivity index (χ3v) is 4.30. The standard InChI is InChI=1S/C16H27N3/c1-3-14(2)19-11-9-18(10-12-19)13-16(17)15-7-5-4-6-8-15/h4-8,14,16H,3,9-13,17H2,1-2H3. The summed E-state index contributed by atoms with van der Waals surface area (Å²) in [5, 5.41) is 0. The molecular formula is C16H27N3. The summed E-state index contributed by atoms with van der Waals surface area (Å²) < 4.78 is 0. The fraction of sp³-hybridized carbons (Fsp3) is 0.625. The monoisotopic (exact) mass is 261 g/mol. The van der Waals surface area contributed by atoms with Crippen LogP contribution >= 0.6 is 0 Å². The van der Waals surface area contributed by atoms with Crippen molar-refractivity contribution in [2.24, 2.45) is 5.73 Å². The molecular weight excluding hydrogens is 234 g/mol. The van der Waals surface area contributed by atoms with Gasteiger partial charge in [-0.25, -0.2) is 0 Å². The van der Waals surface area contributed by atoms with Gasteiger partial charge in [-0.3, -0.25) is 9.80 Å². The fourth-order valence-electron chi connectivity index (χ4n) is 2.73. The molecule has 3 heteroatoms. The highest BCUT2D eigenvalue weighted by Crippen LogP contribution is 2.14. The molecule has 1 aromatic rings. The minimum absolute atomic E-state index is 0.136. The van der Waals surface area contributed by atoms with E-state index >= 15 is 0 Å². The maximum Gasteiger partial charge on any atom is 0.0424 e. The van der Waals surface area contributed by atoms with Gasteiger partial charge in [-0.05, 0) is 18.9 Å². The number of benzene rings is 1. The van der Waals surface area contributed by atoms with Crippen molar-refractivity contribution in [2.75, 3.05) is 32.7 Å². The van der Waals surface area contributed by atoms with E-state index in [9.17, 15) is 0 Å². The Bertz CT molecular complexity index is 358. The lowest BCUT2D eigenvalue weighted by Crippen LogP contribution is -2.50. The lowest BCUT2D eigenvalue weighted by molar-refractivity contribution is 0.0968. The van der Waals surface area contributed by atoms with E-state index in [1.807, 2.05) is 6.07 Å². The molecule has 0 amide bonds. The molecule has 1 aliphatic heterocycles. The van der Waals surface area contributed by atoms with Gasteiger partial charge < -0.3 is 5.73 Å². The van der Waals surface area contributed by atoms with Crippen LogP contribution in [0, 0.1) is 0 Å². The minimum Gasteiger partial charge on any atom is -0.323 e. The summed E-state index contributed by atoms with van der Waals surface area (Å²) in [6.07, 6.45) is 1.24. The van der Waals surface area contributed by atoms with Gasteiger partial charge in [0.25, 0.3) is 0 Å². The maximum absolute atomic E-state index is 6.29. The second-order valence-electron chi connectivity index (χ2n) is 5.61. The van der Waals surface area contributed by atoms with Gasteiger partial charge >= 0.3 is 0 Å². The summed E-state index contributed by atoms with van der Waals surface area (Å²) >= 11 is 0. The summed E-state index contributed by atoms with van der Waals surface area (Å²) in [6, 6.07) is 11.3. The molecule has 0 radical (unpaired) electrons. The Kier molecular flexibility index (Phi) is 5.37. The molecule has 1 aliphatic rings. The number of hydrogen-bond donors (Lipinski definition) is 1. The molecule has 0 bridgehead atoms. The van der Waals surface area contributed by atoms with E-state index in [-0.39, 0.29) is 6.04 Å². The molecule has 0 aromatic heterocycles. The van der Waals surface area contributed by atoms with E-state index in [2.05, 4.69) is 47.9 Å². The molecule has 0 saturated carbocycles. The molecule has 2 rings (SSSR count). The molecule has 2 atom stereocenters. The van der Waals surface area contributed by atoms with Crippen LogP contribution in [-0.2, 0) is 0 Å². The van der Waals surface area contributed by atoms with Gasteiger partial charge in [0.15, 0.2) is 0 Å². The van der Waals surface area contributed by atoms with Crippen LogP contribution in [0.4, 0.5) is 0 Å². The molecule has 0 aliphatic carbocycles. The van der Waals surface area contributed by atoms with Crippen molar-refractivity contribution in [2.45, 2.75) is 32.4 Å². The Morgan fingerprint density at radius 2 is 1.74 bits per heavy atom. The highest BCUT2D eigenvalue weighted by molar-refractivity contribution is 5.18. The van der Waals surface area contributed by atoms with Gasteiger partial charge in [-0.2, -0.15) is 0 Å². The first-order valence-electron chi connectivity index (χ1n) is 7.47. The molecule has 3 nitrogen and oxygen atoms in total. The van der Waals surface area contributed by atoms with E-state index in [1.165, 1.54) is 25.1 Å². The minimum atomic E-state index is 0.136. The Morgan fingerprint density at radius 1 is 1.11 bits per heavy atom. The summed E-state index contributed by atoms with van der Waals surface area (Å²) in [6.45, 7) is 10.2. The molecule has 106 valence electrons. The lowest BCUT2D eigenvalue weighted by Gasteiger charge is -2.38. The predicted molar refractivity (Wildman–Crippen MR) is 81.1 cm³/mol. The highest BCUT2D eigenvalue weighted by Gasteiger charge is 2.21. The smallest absolute Gasteiger partial charge is 0.0424 e. The van der Waals surface area contributed by atoms with Crippen molar-refractivity contribution in [1.82, 2.24) is 9.80 Å². The maximum atomic E-state index is 6.29. The quantitative estimate of drug-likeness (QED) is 0.881. The van der Waals surface area contributed by atoms with E-state index in [0.29, 0.717) is 6.04 Å². The van der Waals surface area contributed by atoms with Crippen LogP contribution in [0.3, 0.4) is 0 Å². The molecule has 1 fully saturated rings. The molecule has 1 heterocycles. The fourth-order valence-corrected chi connectivity index (χ4v) is 2.73. The van der Waals surface area contributed by atoms with Crippen LogP contribution in [-0.4, -0.2) is 48.6 Å². The van der Waals surface area contributed by atoms with Gasteiger partial charge in [0, 0.05) is 44.8 Å². The van der Waals surface area contributed by atoms with Gasteiger partial charge in [0.1, 0.15) is 0 Å². The number of rotatable bonds is 5. The lowest BCUT2D eigenvalue weighted by atomic mass is 10.1. The average Bonchev–Trinajstić information content (AvgIpc) is 2.48. The SMILES string of the molecule is CCC(C)N1CCN(CC(N)c2ccccc2)CC1. The van der Waals surface area contributed by atoms with Crippen molar-refractivity contribution in [3.63, 3.8) is 0 Å². The molecule has 1 aromatic carbocycles. The Hall–Kier alpha value is -0.900. The summed E-state index contributed by atoms with van der Waals surface area (Å²) in [4.78, 5) is 5.08. The summed E-state index contributed by atoms with van der Waals surface area (Å²) in [5.74, 6) is 0. The molecule has 0 spiro atoms. The number of nitrogens with zero attached hydrogens (tertiary/aromatic N) is 2. The average molecular weight is 261 g/mol. The zero-order chi connectivity index (χ0) is 13.7. The van der Waals surface area contributed by atoms with E-state index in [4.69, 9.17) is 5.73 Å². The first-order chi connectivity index (χ1) is 9.20. The third kappa shape index (κ3) is 4.03. The highest BCUT2D eigenvalue weighted by atomic mass is 15.3. The van der Waals surface area contributed by atoms with Crippen LogP contribution in [0.25, 0.3) is 0 Å². The van der Waals surface area contributed by atoms with Gasteiger partial charge in [0.2, 0.25) is 0 Å². The van der Waals surface area contributed by atoms with Gasteiger partial charge in [-0.15, -0.1) is 0 Å².